The van der Waals surface area contributed by atoms with Gasteiger partial charge in [-0.25, -0.2) is 9.97 Å². The zero-order chi connectivity index (χ0) is 22.0. The molecule has 4 atom stereocenters. The monoisotopic (exact) mass is 446 g/mol. The molecule has 0 bridgehead atoms. The minimum absolute atomic E-state index is 0.127. The van der Waals surface area contributed by atoms with Gasteiger partial charge in [0.25, 0.3) is 0 Å². The third kappa shape index (κ3) is 4.78. The Balaban J connectivity index is 1.40. The molecule has 8 heteroatoms. The number of aromatic nitrogens is 2. The maximum absolute atomic E-state index is 9.66. The molecule has 2 aliphatic heterocycles. The second-order valence-corrected chi connectivity index (χ2v) is 10.1. The fourth-order valence-electron chi connectivity index (χ4n) is 4.74. The summed E-state index contributed by atoms with van der Waals surface area (Å²) in [5, 5.41) is 22.0. The zero-order valence-electron chi connectivity index (χ0n) is 18.7. The number of hydrogen-bond donors (Lipinski definition) is 3. The van der Waals surface area contributed by atoms with Crippen molar-refractivity contribution in [3.05, 3.63) is 39.3 Å². The largest absolute Gasteiger partial charge is 0.394 e. The molecule has 2 aliphatic rings. The van der Waals surface area contributed by atoms with Gasteiger partial charge in [-0.05, 0) is 44.7 Å². The van der Waals surface area contributed by atoms with Crippen LogP contribution in [0.4, 0.5) is 5.95 Å². The second kappa shape index (κ2) is 9.50. The van der Waals surface area contributed by atoms with Crippen LogP contribution >= 0.6 is 11.3 Å². The van der Waals surface area contributed by atoms with E-state index in [9.17, 15) is 10.2 Å². The average molecular weight is 447 g/mol. The summed E-state index contributed by atoms with van der Waals surface area (Å²) in [5.74, 6) is 0.418. The molecule has 0 saturated carbocycles. The number of ether oxygens (including phenoxy) is 1. The first-order chi connectivity index (χ1) is 14.9. The SMILES string of the molecule is CCc1cc2c(s1)CCO[C@@]21CCN(Cc2cnc(N[C@@H](CO)[C@H](C)O)nc2)[C@@H](C)C1. The Kier molecular flexibility index (Phi) is 6.93. The number of nitrogens with zero attached hydrogens (tertiary/aromatic N) is 3. The summed E-state index contributed by atoms with van der Waals surface area (Å²) in [7, 11) is 0. The molecule has 0 amide bonds. The maximum Gasteiger partial charge on any atom is 0.222 e. The molecular formula is C23H34N4O3S. The molecule has 2 aromatic rings. The van der Waals surface area contributed by atoms with Crippen molar-refractivity contribution in [3.63, 3.8) is 0 Å². The Hall–Kier alpha value is -1.58. The van der Waals surface area contributed by atoms with Gasteiger partial charge in [0.2, 0.25) is 5.95 Å². The Morgan fingerprint density at radius 2 is 2.16 bits per heavy atom. The molecule has 1 fully saturated rings. The van der Waals surface area contributed by atoms with Crippen molar-refractivity contribution >= 4 is 17.3 Å². The van der Waals surface area contributed by atoms with E-state index < -0.39 is 12.1 Å². The summed E-state index contributed by atoms with van der Waals surface area (Å²) >= 11 is 1.97. The van der Waals surface area contributed by atoms with Gasteiger partial charge in [0.1, 0.15) is 0 Å². The van der Waals surface area contributed by atoms with Gasteiger partial charge >= 0.3 is 0 Å². The van der Waals surface area contributed by atoms with E-state index in [1.807, 2.05) is 23.7 Å². The molecule has 170 valence electrons. The molecule has 0 aromatic carbocycles. The number of rotatable bonds is 7. The van der Waals surface area contributed by atoms with Crippen molar-refractivity contribution in [1.82, 2.24) is 14.9 Å². The normalized spacial score (nSPS) is 25.9. The number of hydrogen-bond acceptors (Lipinski definition) is 8. The van der Waals surface area contributed by atoms with E-state index >= 15 is 0 Å². The first-order valence-electron chi connectivity index (χ1n) is 11.3. The Labute approximate surface area is 188 Å². The lowest BCUT2D eigenvalue weighted by atomic mass is 9.79. The van der Waals surface area contributed by atoms with Crippen LogP contribution in [0.5, 0.6) is 0 Å². The van der Waals surface area contributed by atoms with E-state index in [-0.39, 0.29) is 12.2 Å². The molecule has 4 rings (SSSR count). The Bertz CT molecular complexity index is 872. The first kappa shape index (κ1) is 22.6. The summed E-state index contributed by atoms with van der Waals surface area (Å²) in [5.41, 5.74) is 2.38. The molecular weight excluding hydrogens is 412 g/mol. The molecule has 7 nitrogen and oxygen atoms in total. The summed E-state index contributed by atoms with van der Waals surface area (Å²) in [4.78, 5) is 14.2. The van der Waals surface area contributed by atoms with E-state index in [2.05, 4.69) is 40.1 Å². The fourth-order valence-corrected chi connectivity index (χ4v) is 5.92. The quantitative estimate of drug-likeness (QED) is 0.602. The van der Waals surface area contributed by atoms with Crippen LogP contribution in [0.25, 0.3) is 0 Å². The highest BCUT2D eigenvalue weighted by atomic mass is 32.1. The third-order valence-corrected chi connectivity index (χ3v) is 7.98. The van der Waals surface area contributed by atoms with Crippen LogP contribution in [0, 0.1) is 0 Å². The summed E-state index contributed by atoms with van der Waals surface area (Å²) in [6.45, 7) is 8.58. The number of aryl methyl sites for hydroxylation is 1. The lowest BCUT2D eigenvalue weighted by molar-refractivity contribution is -0.112. The first-order valence-corrected chi connectivity index (χ1v) is 12.1. The van der Waals surface area contributed by atoms with Crippen LogP contribution in [-0.4, -0.2) is 63.0 Å². The van der Waals surface area contributed by atoms with Crippen LogP contribution in [0.2, 0.25) is 0 Å². The molecule has 4 heterocycles. The van der Waals surface area contributed by atoms with Gasteiger partial charge in [-0.15, -0.1) is 11.3 Å². The van der Waals surface area contributed by atoms with Gasteiger partial charge in [-0.1, -0.05) is 6.92 Å². The van der Waals surface area contributed by atoms with Gasteiger partial charge in [-0.2, -0.15) is 0 Å². The molecule has 0 aliphatic carbocycles. The van der Waals surface area contributed by atoms with Gasteiger partial charge in [0, 0.05) is 53.3 Å². The molecule has 3 N–H and O–H groups in total. The summed E-state index contributed by atoms with van der Waals surface area (Å²) < 4.78 is 6.45. The fraction of sp³-hybridized carbons (Fsp3) is 0.652. The van der Waals surface area contributed by atoms with Crippen LogP contribution < -0.4 is 5.32 Å². The number of likely N-dealkylation sites (tertiary alicyclic amines) is 1. The van der Waals surface area contributed by atoms with E-state index in [0.717, 1.165) is 50.9 Å². The summed E-state index contributed by atoms with van der Waals surface area (Å²) in [6.07, 6.45) is 7.12. The molecule has 1 spiro atoms. The van der Waals surface area contributed by atoms with Crippen molar-refractivity contribution in [3.8, 4) is 0 Å². The number of piperidine rings is 1. The molecule has 31 heavy (non-hydrogen) atoms. The number of fused-ring (bicyclic) bond motifs is 2. The predicted octanol–water partition coefficient (Wildman–Crippen LogP) is 2.71. The summed E-state index contributed by atoms with van der Waals surface area (Å²) in [6, 6.07) is 2.32. The van der Waals surface area contributed by atoms with Crippen LogP contribution in [0.1, 0.15) is 54.5 Å². The highest BCUT2D eigenvalue weighted by Crippen LogP contribution is 2.46. The number of aliphatic hydroxyl groups excluding tert-OH is 2. The van der Waals surface area contributed by atoms with Crippen molar-refractivity contribution in [2.24, 2.45) is 0 Å². The van der Waals surface area contributed by atoms with Gasteiger partial charge in [0.15, 0.2) is 0 Å². The van der Waals surface area contributed by atoms with E-state index in [1.54, 1.807) is 6.92 Å². The van der Waals surface area contributed by atoms with Crippen LogP contribution in [-0.2, 0) is 29.7 Å². The minimum atomic E-state index is -0.686. The number of aliphatic hydroxyl groups is 2. The molecule has 2 aromatic heterocycles. The van der Waals surface area contributed by atoms with E-state index in [0.29, 0.717) is 12.0 Å². The topological polar surface area (TPSA) is 90.7 Å². The number of anilines is 1. The lowest BCUT2D eigenvalue weighted by Gasteiger charge is -2.47. The van der Waals surface area contributed by atoms with Crippen LogP contribution in [0.3, 0.4) is 0 Å². The maximum atomic E-state index is 9.66. The van der Waals surface area contributed by atoms with Crippen molar-refractivity contribution < 1.29 is 14.9 Å². The average Bonchev–Trinajstić information content (AvgIpc) is 3.20. The molecule has 1 saturated heterocycles. The number of thiophene rings is 1. The standard InChI is InChI=1S/C23H34N4O3S/c1-4-18-9-19-21(31-18)5-8-30-23(19)6-7-27(15(2)10-23)13-17-11-24-22(25-12-17)26-20(14-28)16(3)29/h9,11-12,15-16,20,28-29H,4-8,10,13-14H2,1-3H3,(H,24,25,26)/t15-,16-,20-,23+/m0/s1. The minimum Gasteiger partial charge on any atom is -0.394 e. The smallest absolute Gasteiger partial charge is 0.222 e. The lowest BCUT2D eigenvalue weighted by Crippen LogP contribution is -2.50. The second-order valence-electron chi connectivity index (χ2n) is 8.86. The third-order valence-electron chi connectivity index (χ3n) is 6.64. The van der Waals surface area contributed by atoms with Gasteiger partial charge in [-0.3, -0.25) is 4.90 Å². The Morgan fingerprint density at radius 3 is 2.81 bits per heavy atom. The van der Waals surface area contributed by atoms with E-state index in [4.69, 9.17) is 4.74 Å². The van der Waals surface area contributed by atoms with Crippen molar-refractivity contribution in [2.75, 3.05) is 25.1 Å². The van der Waals surface area contributed by atoms with Gasteiger partial charge < -0.3 is 20.3 Å². The van der Waals surface area contributed by atoms with Crippen LogP contribution in [0.15, 0.2) is 18.5 Å². The van der Waals surface area contributed by atoms with Gasteiger partial charge in [0.05, 0.1) is 31.0 Å². The van der Waals surface area contributed by atoms with Crippen molar-refractivity contribution in [1.29, 1.82) is 0 Å². The number of nitrogens with one attached hydrogen (secondary N) is 1. The molecule has 0 radical (unpaired) electrons. The van der Waals surface area contributed by atoms with E-state index in [1.165, 1.54) is 15.3 Å². The highest BCUT2D eigenvalue weighted by molar-refractivity contribution is 7.12. The van der Waals surface area contributed by atoms with Crippen molar-refractivity contribution in [2.45, 2.75) is 76.8 Å². The highest BCUT2D eigenvalue weighted by Gasteiger charge is 2.44. The Morgan fingerprint density at radius 1 is 1.39 bits per heavy atom. The zero-order valence-corrected chi connectivity index (χ0v) is 19.5. The predicted molar refractivity (Wildman–Crippen MR) is 122 cm³/mol. The molecule has 0 unspecified atom stereocenters.